The van der Waals surface area contributed by atoms with E-state index < -0.39 is 0 Å². The highest BCUT2D eigenvalue weighted by Gasteiger charge is 2.21. The van der Waals surface area contributed by atoms with Gasteiger partial charge in [-0.15, -0.1) is 0 Å². The third kappa shape index (κ3) is 8.44. The number of aryl methyl sites for hydroxylation is 1. The summed E-state index contributed by atoms with van der Waals surface area (Å²) in [5.41, 5.74) is 6.20. The SMILES string of the molecule is CCCC1CCC(c2ccc(CCCCCC(=O)Oc3ccc(-c4ccc(-c5ccc(C#N)cc5)c(F)c4)cc3)cc2)CC1. The molecule has 1 aliphatic carbocycles. The molecule has 5 rings (SSSR count). The van der Waals surface area contributed by atoms with Gasteiger partial charge in [0.15, 0.2) is 0 Å². The third-order valence-electron chi connectivity index (χ3n) is 9.05. The molecular formula is C40H42FNO2. The van der Waals surface area contributed by atoms with Crippen LogP contribution in [-0.2, 0) is 11.2 Å². The number of nitriles is 1. The van der Waals surface area contributed by atoms with Crippen LogP contribution in [0.5, 0.6) is 5.75 Å². The highest BCUT2D eigenvalue weighted by atomic mass is 19.1. The van der Waals surface area contributed by atoms with Crippen molar-refractivity contribution >= 4 is 5.97 Å². The van der Waals surface area contributed by atoms with Gasteiger partial charge in [0.05, 0.1) is 11.6 Å². The van der Waals surface area contributed by atoms with E-state index in [0.717, 1.165) is 54.2 Å². The maximum absolute atomic E-state index is 14.9. The Morgan fingerprint density at radius 2 is 1.50 bits per heavy atom. The van der Waals surface area contributed by atoms with Crippen molar-refractivity contribution in [3.63, 3.8) is 0 Å². The van der Waals surface area contributed by atoms with Crippen LogP contribution in [0.2, 0.25) is 0 Å². The molecule has 0 spiro atoms. The average molecular weight is 588 g/mol. The molecule has 0 heterocycles. The minimum absolute atomic E-state index is 0.228. The summed E-state index contributed by atoms with van der Waals surface area (Å²) in [6.07, 6.45) is 12.4. The fourth-order valence-electron chi connectivity index (χ4n) is 6.48. The Kier molecular flexibility index (Phi) is 11.0. The van der Waals surface area contributed by atoms with E-state index in [1.54, 1.807) is 42.5 Å². The zero-order valence-electron chi connectivity index (χ0n) is 25.7. The highest BCUT2D eigenvalue weighted by Crippen LogP contribution is 2.37. The number of hydrogen-bond donors (Lipinski definition) is 0. The topological polar surface area (TPSA) is 50.1 Å². The molecule has 1 fully saturated rings. The number of hydrogen-bond acceptors (Lipinski definition) is 3. The van der Waals surface area contributed by atoms with Gasteiger partial charge >= 0.3 is 5.97 Å². The molecular weight excluding hydrogens is 545 g/mol. The van der Waals surface area contributed by atoms with E-state index in [2.05, 4.69) is 37.3 Å². The number of carbonyl (C=O) groups excluding carboxylic acids is 1. The van der Waals surface area contributed by atoms with Gasteiger partial charge in [0.2, 0.25) is 0 Å². The van der Waals surface area contributed by atoms with Crippen molar-refractivity contribution in [3.8, 4) is 34.1 Å². The molecule has 0 atom stereocenters. The van der Waals surface area contributed by atoms with Crippen LogP contribution in [0.4, 0.5) is 4.39 Å². The number of halogens is 1. The molecule has 0 radical (unpaired) electrons. The van der Waals surface area contributed by atoms with Crippen LogP contribution >= 0.6 is 0 Å². The number of nitrogens with zero attached hydrogens (tertiary/aromatic N) is 1. The van der Waals surface area contributed by atoms with Crippen LogP contribution in [-0.4, -0.2) is 5.97 Å². The van der Waals surface area contributed by atoms with E-state index in [1.165, 1.54) is 55.7 Å². The lowest BCUT2D eigenvalue weighted by atomic mass is 9.77. The van der Waals surface area contributed by atoms with Gasteiger partial charge in [-0.1, -0.05) is 86.8 Å². The maximum atomic E-state index is 14.9. The zero-order valence-corrected chi connectivity index (χ0v) is 25.7. The van der Waals surface area contributed by atoms with Gasteiger partial charge in [0, 0.05) is 12.0 Å². The van der Waals surface area contributed by atoms with Gasteiger partial charge in [-0.05, 0) is 115 Å². The Morgan fingerprint density at radius 3 is 2.16 bits per heavy atom. The molecule has 4 heteroatoms. The summed E-state index contributed by atoms with van der Waals surface area (Å²) >= 11 is 0. The molecule has 0 unspecified atom stereocenters. The van der Waals surface area contributed by atoms with Crippen LogP contribution in [0.3, 0.4) is 0 Å². The number of esters is 1. The monoisotopic (exact) mass is 587 g/mol. The van der Waals surface area contributed by atoms with Gasteiger partial charge in [0.1, 0.15) is 11.6 Å². The van der Waals surface area contributed by atoms with Crippen molar-refractivity contribution < 1.29 is 13.9 Å². The second kappa shape index (κ2) is 15.5. The predicted molar refractivity (Wildman–Crippen MR) is 176 cm³/mol. The first-order chi connectivity index (χ1) is 21.5. The summed E-state index contributed by atoms with van der Waals surface area (Å²) in [6.45, 7) is 2.30. The minimum Gasteiger partial charge on any atom is -0.427 e. The van der Waals surface area contributed by atoms with Crippen LogP contribution in [0.15, 0.2) is 91.0 Å². The Bertz CT molecular complexity index is 1540. The zero-order chi connectivity index (χ0) is 30.7. The molecule has 0 N–H and O–H groups in total. The van der Waals surface area contributed by atoms with E-state index in [1.807, 2.05) is 18.2 Å². The molecule has 0 amide bonds. The Morgan fingerprint density at radius 1 is 0.818 bits per heavy atom. The first-order valence-electron chi connectivity index (χ1n) is 16.2. The number of ether oxygens (including phenoxy) is 1. The lowest BCUT2D eigenvalue weighted by molar-refractivity contribution is -0.134. The first-order valence-corrected chi connectivity index (χ1v) is 16.2. The second-order valence-electron chi connectivity index (χ2n) is 12.2. The number of rotatable bonds is 12. The molecule has 4 aromatic rings. The maximum Gasteiger partial charge on any atom is 0.311 e. The molecule has 226 valence electrons. The van der Waals surface area contributed by atoms with Crippen LogP contribution in [0.25, 0.3) is 22.3 Å². The van der Waals surface area contributed by atoms with Gasteiger partial charge in [-0.3, -0.25) is 4.79 Å². The quantitative estimate of drug-likeness (QED) is 0.0941. The Hall–Kier alpha value is -4.23. The predicted octanol–water partition coefficient (Wildman–Crippen LogP) is 10.8. The van der Waals surface area contributed by atoms with Gasteiger partial charge in [-0.25, -0.2) is 4.39 Å². The van der Waals surface area contributed by atoms with Crippen molar-refractivity contribution in [2.45, 2.75) is 83.5 Å². The molecule has 0 saturated heterocycles. The fourth-order valence-corrected chi connectivity index (χ4v) is 6.48. The van der Waals surface area contributed by atoms with Crippen molar-refractivity contribution in [2.24, 2.45) is 5.92 Å². The molecule has 4 aromatic carbocycles. The van der Waals surface area contributed by atoms with E-state index in [4.69, 9.17) is 10.00 Å². The smallest absolute Gasteiger partial charge is 0.311 e. The Balaban J connectivity index is 1.02. The summed E-state index contributed by atoms with van der Waals surface area (Å²) in [7, 11) is 0. The standard InChI is InChI=1S/C40H42FNO2/c1-2-6-29-9-15-32(16-10-29)33-17-11-30(12-18-33)7-4-3-5-8-40(43)44-37-24-21-34(22-25-37)36-23-26-38(39(41)27-36)35-19-13-31(28-42)14-20-35/h11-14,17-27,29,32H,2-10,15-16H2,1H3. The first kappa shape index (κ1) is 31.2. The van der Waals surface area contributed by atoms with Crippen LogP contribution in [0.1, 0.15) is 93.7 Å². The lowest BCUT2D eigenvalue weighted by Crippen LogP contribution is -2.13. The summed E-state index contributed by atoms with van der Waals surface area (Å²) < 4.78 is 20.5. The van der Waals surface area contributed by atoms with Crippen molar-refractivity contribution in [1.29, 1.82) is 5.26 Å². The summed E-state index contributed by atoms with van der Waals surface area (Å²) in [6, 6.07) is 30.5. The Labute approximate surface area is 261 Å². The van der Waals surface area contributed by atoms with E-state index in [-0.39, 0.29) is 11.8 Å². The number of benzene rings is 4. The van der Waals surface area contributed by atoms with Crippen LogP contribution < -0.4 is 4.74 Å². The fraction of sp³-hybridized carbons (Fsp3) is 0.350. The minimum atomic E-state index is -0.334. The third-order valence-corrected chi connectivity index (χ3v) is 9.05. The van der Waals surface area contributed by atoms with E-state index in [0.29, 0.717) is 23.3 Å². The molecule has 44 heavy (non-hydrogen) atoms. The molecule has 1 saturated carbocycles. The van der Waals surface area contributed by atoms with Crippen molar-refractivity contribution in [2.75, 3.05) is 0 Å². The lowest BCUT2D eigenvalue weighted by Gasteiger charge is -2.28. The normalized spacial score (nSPS) is 16.3. The molecule has 0 aliphatic heterocycles. The van der Waals surface area contributed by atoms with E-state index >= 15 is 0 Å². The van der Waals surface area contributed by atoms with Crippen molar-refractivity contribution in [3.05, 3.63) is 114 Å². The largest absolute Gasteiger partial charge is 0.427 e. The molecule has 0 bridgehead atoms. The average Bonchev–Trinajstić information content (AvgIpc) is 3.06. The summed E-state index contributed by atoms with van der Waals surface area (Å²) in [5.74, 6) is 1.60. The van der Waals surface area contributed by atoms with E-state index in [9.17, 15) is 9.18 Å². The van der Waals surface area contributed by atoms with Gasteiger partial charge < -0.3 is 4.74 Å². The van der Waals surface area contributed by atoms with Crippen molar-refractivity contribution in [1.82, 2.24) is 0 Å². The van der Waals surface area contributed by atoms with Gasteiger partial charge in [-0.2, -0.15) is 5.26 Å². The molecule has 3 nitrogen and oxygen atoms in total. The highest BCUT2D eigenvalue weighted by molar-refractivity contribution is 5.74. The van der Waals surface area contributed by atoms with Crippen LogP contribution in [0, 0.1) is 23.1 Å². The second-order valence-corrected chi connectivity index (χ2v) is 12.2. The number of carbonyl (C=O) groups is 1. The molecule has 1 aliphatic rings. The molecule has 0 aromatic heterocycles. The summed E-state index contributed by atoms with van der Waals surface area (Å²) in [4.78, 5) is 12.4. The van der Waals surface area contributed by atoms with Gasteiger partial charge in [0.25, 0.3) is 0 Å². The summed E-state index contributed by atoms with van der Waals surface area (Å²) in [5, 5.41) is 8.98. The number of unbranched alkanes of at least 4 members (excludes halogenated alkanes) is 2.